The first-order valence-electron chi connectivity index (χ1n) is 5.03. The second-order valence-electron chi connectivity index (χ2n) is 3.74. The maximum Gasteiger partial charge on any atom is 0.239 e. The van der Waals surface area contributed by atoms with E-state index in [0.29, 0.717) is 23.7 Å². The third-order valence-corrected chi connectivity index (χ3v) is 5.26. The SMILES string of the molecule is NCC1CCN(c2cccc(Cl)c2)S1(=O)=O. The van der Waals surface area contributed by atoms with Crippen molar-refractivity contribution in [3.05, 3.63) is 29.3 Å². The summed E-state index contributed by atoms with van der Waals surface area (Å²) in [6.45, 7) is 0.643. The molecule has 1 aliphatic rings. The number of hydrogen-bond acceptors (Lipinski definition) is 3. The van der Waals surface area contributed by atoms with Gasteiger partial charge in [0.1, 0.15) is 0 Å². The molecule has 1 atom stereocenters. The minimum atomic E-state index is -3.30. The Morgan fingerprint density at radius 2 is 2.25 bits per heavy atom. The molecule has 0 aromatic heterocycles. The summed E-state index contributed by atoms with van der Waals surface area (Å²) >= 11 is 5.84. The van der Waals surface area contributed by atoms with Crippen LogP contribution in [0.2, 0.25) is 5.02 Å². The summed E-state index contributed by atoms with van der Waals surface area (Å²) < 4.78 is 25.5. The molecule has 1 aliphatic heterocycles. The fourth-order valence-electron chi connectivity index (χ4n) is 1.86. The normalized spacial score (nSPS) is 23.6. The molecule has 4 nitrogen and oxygen atoms in total. The molecule has 0 spiro atoms. The van der Waals surface area contributed by atoms with Crippen LogP contribution in [0, 0.1) is 0 Å². The van der Waals surface area contributed by atoms with E-state index in [9.17, 15) is 8.42 Å². The highest BCUT2D eigenvalue weighted by Crippen LogP contribution is 2.29. The predicted molar refractivity (Wildman–Crippen MR) is 65.2 cm³/mol. The lowest BCUT2D eigenvalue weighted by molar-refractivity contribution is 0.588. The number of rotatable bonds is 2. The smallest absolute Gasteiger partial charge is 0.239 e. The molecule has 1 aromatic carbocycles. The van der Waals surface area contributed by atoms with E-state index >= 15 is 0 Å². The molecule has 88 valence electrons. The lowest BCUT2D eigenvalue weighted by atomic mass is 10.3. The molecule has 1 aromatic rings. The molecule has 1 fully saturated rings. The lowest BCUT2D eigenvalue weighted by Gasteiger charge is -2.18. The van der Waals surface area contributed by atoms with Crippen LogP contribution in [-0.4, -0.2) is 26.8 Å². The summed E-state index contributed by atoms with van der Waals surface area (Å²) in [6.07, 6.45) is 0.575. The molecule has 1 saturated heterocycles. The second-order valence-corrected chi connectivity index (χ2v) is 6.32. The molecule has 0 radical (unpaired) electrons. The van der Waals surface area contributed by atoms with Crippen molar-refractivity contribution < 1.29 is 8.42 Å². The van der Waals surface area contributed by atoms with Gasteiger partial charge < -0.3 is 5.73 Å². The van der Waals surface area contributed by atoms with E-state index in [-0.39, 0.29) is 6.54 Å². The van der Waals surface area contributed by atoms with Crippen molar-refractivity contribution in [3.8, 4) is 0 Å². The highest BCUT2D eigenvalue weighted by Gasteiger charge is 2.37. The molecule has 1 unspecified atom stereocenters. The Kier molecular flexibility index (Phi) is 3.10. The number of benzene rings is 1. The minimum Gasteiger partial charge on any atom is -0.329 e. The molecule has 2 N–H and O–H groups in total. The Balaban J connectivity index is 2.37. The number of hydrogen-bond donors (Lipinski definition) is 1. The molecule has 16 heavy (non-hydrogen) atoms. The molecule has 2 rings (SSSR count). The van der Waals surface area contributed by atoms with E-state index in [0.717, 1.165) is 0 Å². The zero-order valence-corrected chi connectivity index (χ0v) is 10.2. The summed E-state index contributed by atoms with van der Waals surface area (Å²) in [6, 6.07) is 6.84. The van der Waals surface area contributed by atoms with Gasteiger partial charge in [-0.2, -0.15) is 0 Å². The molecule has 0 bridgehead atoms. The predicted octanol–water partition coefficient (Wildman–Crippen LogP) is 1.21. The Labute approximate surface area is 100 Å². The van der Waals surface area contributed by atoms with Gasteiger partial charge in [0.15, 0.2) is 0 Å². The van der Waals surface area contributed by atoms with Crippen molar-refractivity contribution in [1.82, 2.24) is 0 Å². The van der Waals surface area contributed by atoms with Crippen molar-refractivity contribution in [3.63, 3.8) is 0 Å². The number of sulfonamides is 1. The summed E-state index contributed by atoms with van der Waals surface area (Å²) in [7, 11) is -3.30. The van der Waals surface area contributed by atoms with E-state index in [1.54, 1.807) is 24.3 Å². The van der Waals surface area contributed by atoms with Crippen LogP contribution in [0.1, 0.15) is 6.42 Å². The number of halogens is 1. The van der Waals surface area contributed by atoms with E-state index in [1.165, 1.54) is 4.31 Å². The van der Waals surface area contributed by atoms with Crippen LogP contribution in [0.3, 0.4) is 0 Å². The van der Waals surface area contributed by atoms with Crippen molar-refractivity contribution in [2.45, 2.75) is 11.7 Å². The first-order chi connectivity index (χ1) is 7.55. The van der Waals surface area contributed by atoms with Crippen LogP contribution in [0.5, 0.6) is 0 Å². The van der Waals surface area contributed by atoms with Gasteiger partial charge in [-0.15, -0.1) is 0 Å². The molecule has 0 amide bonds. The van der Waals surface area contributed by atoms with Crippen molar-refractivity contribution in [1.29, 1.82) is 0 Å². The van der Waals surface area contributed by atoms with Gasteiger partial charge in [0, 0.05) is 18.1 Å². The first kappa shape index (κ1) is 11.7. The van der Waals surface area contributed by atoms with Crippen LogP contribution in [0.25, 0.3) is 0 Å². The molecule has 1 heterocycles. The Morgan fingerprint density at radius 3 is 2.81 bits per heavy atom. The molecule has 6 heteroatoms. The van der Waals surface area contributed by atoms with Gasteiger partial charge in [-0.05, 0) is 24.6 Å². The zero-order valence-electron chi connectivity index (χ0n) is 8.64. The molecule has 0 saturated carbocycles. The number of nitrogens with two attached hydrogens (primary N) is 1. The largest absolute Gasteiger partial charge is 0.329 e. The van der Waals surface area contributed by atoms with Crippen LogP contribution in [0.15, 0.2) is 24.3 Å². The van der Waals surface area contributed by atoms with Gasteiger partial charge in [-0.25, -0.2) is 8.42 Å². The van der Waals surface area contributed by atoms with Crippen molar-refractivity contribution in [2.75, 3.05) is 17.4 Å². The molecule has 0 aliphatic carbocycles. The topological polar surface area (TPSA) is 63.4 Å². The van der Waals surface area contributed by atoms with Crippen molar-refractivity contribution in [2.24, 2.45) is 5.73 Å². The van der Waals surface area contributed by atoms with Gasteiger partial charge >= 0.3 is 0 Å². The maximum absolute atomic E-state index is 12.0. The van der Waals surface area contributed by atoms with Gasteiger partial charge in [0.05, 0.1) is 10.9 Å². The zero-order chi connectivity index (χ0) is 11.8. The van der Waals surface area contributed by atoms with E-state index in [4.69, 9.17) is 17.3 Å². The third kappa shape index (κ3) is 1.90. The number of anilines is 1. The van der Waals surface area contributed by atoms with Crippen LogP contribution in [0.4, 0.5) is 5.69 Å². The monoisotopic (exact) mass is 260 g/mol. The highest BCUT2D eigenvalue weighted by atomic mass is 35.5. The minimum absolute atomic E-state index is 0.166. The van der Waals surface area contributed by atoms with Crippen molar-refractivity contribution >= 4 is 27.3 Å². The lowest BCUT2D eigenvalue weighted by Crippen LogP contribution is -2.33. The summed E-state index contributed by atoms with van der Waals surface area (Å²) in [5, 5.41) is 0.0652. The van der Waals surface area contributed by atoms with Crippen LogP contribution < -0.4 is 10.0 Å². The molecular weight excluding hydrogens is 248 g/mol. The fraction of sp³-hybridized carbons (Fsp3) is 0.400. The van der Waals surface area contributed by atoms with Gasteiger partial charge in [-0.3, -0.25) is 4.31 Å². The van der Waals surface area contributed by atoms with E-state index in [1.807, 2.05) is 0 Å². The Bertz CT molecular complexity index is 489. The summed E-state index contributed by atoms with van der Waals surface area (Å²) in [5.74, 6) is 0. The molecular formula is C10H13ClN2O2S. The third-order valence-electron chi connectivity index (χ3n) is 2.74. The van der Waals surface area contributed by atoms with E-state index < -0.39 is 15.3 Å². The first-order valence-corrected chi connectivity index (χ1v) is 6.91. The summed E-state index contributed by atoms with van der Waals surface area (Å²) in [5.41, 5.74) is 6.06. The maximum atomic E-state index is 12.0. The average Bonchev–Trinajstić information content (AvgIpc) is 2.53. The van der Waals surface area contributed by atoms with Crippen LogP contribution in [-0.2, 0) is 10.0 Å². The van der Waals surface area contributed by atoms with Gasteiger partial charge in [0.2, 0.25) is 10.0 Å². The highest BCUT2D eigenvalue weighted by molar-refractivity contribution is 7.93. The fourth-order valence-corrected chi connectivity index (χ4v) is 3.82. The van der Waals surface area contributed by atoms with Gasteiger partial charge in [0.25, 0.3) is 0 Å². The van der Waals surface area contributed by atoms with Gasteiger partial charge in [-0.1, -0.05) is 17.7 Å². The number of nitrogens with zero attached hydrogens (tertiary/aromatic N) is 1. The Hall–Kier alpha value is -0.780. The standard InChI is InChI=1S/C10H13ClN2O2S/c11-8-2-1-3-9(6-8)13-5-4-10(7-12)16(13,14)15/h1-3,6,10H,4-5,7,12H2. The average molecular weight is 261 g/mol. The summed E-state index contributed by atoms with van der Waals surface area (Å²) in [4.78, 5) is 0. The van der Waals surface area contributed by atoms with Crippen LogP contribution >= 0.6 is 11.6 Å². The quantitative estimate of drug-likeness (QED) is 0.869. The second kappa shape index (κ2) is 4.24. The Morgan fingerprint density at radius 1 is 1.50 bits per heavy atom. The van der Waals surface area contributed by atoms with E-state index in [2.05, 4.69) is 0 Å².